The van der Waals surface area contributed by atoms with Crippen LogP contribution in [-0.4, -0.2) is 27.4 Å². The van der Waals surface area contributed by atoms with Crippen molar-refractivity contribution in [1.82, 2.24) is 9.97 Å². The Balaban J connectivity index is 1.85. The summed E-state index contributed by atoms with van der Waals surface area (Å²) >= 11 is 1.59. The maximum atomic E-state index is 13.0. The molecule has 1 fully saturated rings. The first-order valence-corrected chi connectivity index (χ1v) is 10.3. The molecule has 1 spiro atoms. The minimum absolute atomic E-state index is 0.0424. The van der Waals surface area contributed by atoms with E-state index in [9.17, 15) is 4.79 Å². The second-order valence-electron chi connectivity index (χ2n) is 7.19. The van der Waals surface area contributed by atoms with E-state index in [1.807, 2.05) is 6.07 Å². The second kappa shape index (κ2) is 6.96. The van der Waals surface area contributed by atoms with Gasteiger partial charge in [0.05, 0.1) is 23.6 Å². The number of nitrogens with one attached hydrogen (secondary N) is 1. The van der Waals surface area contributed by atoms with Crippen molar-refractivity contribution < 1.29 is 5.11 Å². The van der Waals surface area contributed by atoms with Gasteiger partial charge in [0, 0.05) is 16.7 Å². The van der Waals surface area contributed by atoms with Crippen LogP contribution in [0.1, 0.15) is 49.1 Å². The van der Waals surface area contributed by atoms with E-state index in [0.717, 1.165) is 36.1 Å². The van der Waals surface area contributed by atoms with Gasteiger partial charge in [-0.2, -0.15) is 11.8 Å². The first kappa shape index (κ1) is 16.9. The fourth-order valence-corrected chi connectivity index (χ4v) is 5.13. The number of hydrogen-bond acceptors (Lipinski definition) is 4. The van der Waals surface area contributed by atoms with Gasteiger partial charge >= 0.3 is 0 Å². The monoisotopic (exact) mass is 356 g/mol. The summed E-state index contributed by atoms with van der Waals surface area (Å²) in [5.74, 6) is 1.99. The summed E-state index contributed by atoms with van der Waals surface area (Å²) in [6.07, 6.45) is 6.76. The predicted molar refractivity (Wildman–Crippen MR) is 102 cm³/mol. The number of rotatable bonds is 4. The fraction of sp³-hybridized carbons (Fsp3) is 0.500. The zero-order valence-electron chi connectivity index (χ0n) is 14.4. The topological polar surface area (TPSA) is 66.0 Å². The molecule has 1 saturated carbocycles. The van der Waals surface area contributed by atoms with E-state index in [1.165, 1.54) is 24.8 Å². The van der Waals surface area contributed by atoms with Crippen LogP contribution < -0.4 is 5.56 Å². The lowest BCUT2D eigenvalue weighted by molar-refractivity contribution is 0.285. The minimum atomic E-state index is -0.0424. The summed E-state index contributed by atoms with van der Waals surface area (Å²) in [5.41, 5.74) is 4.26. The maximum Gasteiger partial charge on any atom is 0.255 e. The highest BCUT2D eigenvalue weighted by Crippen LogP contribution is 2.48. The Kier molecular flexibility index (Phi) is 4.69. The normalized spacial score (nSPS) is 18.0. The number of aromatic nitrogens is 2. The van der Waals surface area contributed by atoms with Crippen LogP contribution in [0.3, 0.4) is 0 Å². The number of benzene rings is 1. The van der Waals surface area contributed by atoms with Gasteiger partial charge in [-0.15, -0.1) is 0 Å². The summed E-state index contributed by atoms with van der Waals surface area (Å²) < 4.78 is 0. The molecule has 2 aliphatic rings. The Morgan fingerprint density at radius 2 is 2.00 bits per heavy atom. The van der Waals surface area contributed by atoms with E-state index in [0.29, 0.717) is 17.3 Å². The lowest BCUT2D eigenvalue weighted by atomic mass is 9.62. The number of aromatic amines is 1. The van der Waals surface area contributed by atoms with E-state index >= 15 is 0 Å². The van der Waals surface area contributed by atoms with Gasteiger partial charge in [-0.3, -0.25) is 4.79 Å². The first-order valence-electron chi connectivity index (χ1n) is 9.14. The number of fused-ring (bicyclic) bond motifs is 4. The highest BCUT2D eigenvalue weighted by Gasteiger charge is 2.42. The Bertz CT molecular complexity index is 825. The van der Waals surface area contributed by atoms with E-state index in [-0.39, 0.29) is 17.6 Å². The molecule has 0 radical (unpaired) electrons. The fourth-order valence-electron chi connectivity index (χ4n) is 4.52. The zero-order chi connectivity index (χ0) is 17.3. The Labute approximate surface area is 152 Å². The Hall–Kier alpha value is -1.59. The molecular formula is C20H24N2O2S. The molecule has 0 unspecified atom stereocenters. The van der Waals surface area contributed by atoms with E-state index in [4.69, 9.17) is 10.1 Å². The molecule has 0 atom stereocenters. The third-order valence-corrected chi connectivity index (χ3v) is 6.53. The zero-order valence-corrected chi connectivity index (χ0v) is 15.2. The number of thioether (sulfide) groups is 1. The molecule has 1 aromatic heterocycles. The van der Waals surface area contributed by atoms with Gasteiger partial charge in [-0.1, -0.05) is 43.5 Å². The van der Waals surface area contributed by atoms with Gasteiger partial charge in [0.25, 0.3) is 5.56 Å². The number of aliphatic hydroxyl groups is 1. The highest BCUT2D eigenvalue weighted by molar-refractivity contribution is 7.98. The SMILES string of the molecule is O=c1[nH]c(CSCCO)nc2c1C1(CCCCC1)Cc1ccccc1-2. The van der Waals surface area contributed by atoms with Crippen LogP contribution in [0.4, 0.5) is 0 Å². The van der Waals surface area contributed by atoms with Crippen LogP contribution in [0.2, 0.25) is 0 Å². The first-order chi connectivity index (χ1) is 12.2. The average molecular weight is 356 g/mol. The van der Waals surface area contributed by atoms with Gasteiger partial charge in [-0.05, 0) is 24.8 Å². The molecule has 25 heavy (non-hydrogen) atoms. The van der Waals surface area contributed by atoms with Gasteiger partial charge in [0.1, 0.15) is 5.82 Å². The average Bonchev–Trinajstić information content (AvgIpc) is 2.62. The maximum absolute atomic E-state index is 13.0. The quantitative estimate of drug-likeness (QED) is 0.824. The summed E-state index contributed by atoms with van der Waals surface area (Å²) in [6.45, 7) is 0.145. The molecule has 4 nitrogen and oxygen atoms in total. The Morgan fingerprint density at radius 1 is 1.20 bits per heavy atom. The minimum Gasteiger partial charge on any atom is -0.396 e. The number of aliphatic hydroxyl groups excluding tert-OH is 1. The van der Waals surface area contributed by atoms with Crippen LogP contribution in [-0.2, 0) is 17.6 Å². The van der Waals surface area contributed by atoms with Crippen LogP contribution >= 0.6 is 11.8 Å². The summed E-state index contributed by atoms with van der Waals surface area (Å²) in [6, 6.07) is 8.41. The molecule has 1 aromatic carbocycles. The largest absolute Gasteiger partial charge is 0.396 e. The van der Waals surface area contributed by atoms with Crippen molar-refractivity contribution in [3.63, 3.8) is 0 Å². The summed E-state index contributed by atoms with van der Waals surface area (Å²) in [7, 11) is 0. The molecule has 1 heterocycles. The highest BCUT2D eigenvalue weighted by atomic mass is 32.2. The third-order valence-electron chi connectivity index (χ3n) is 5.59. The molecule has 4 rings (SSSR count). The summed E-state index contributed by atoms with van der Waals surface area (Å²) in [4.78, 5) is 21.0. The van der Waals surface area contributed by atoms with Gasteiger partial charge in [-0.25, -0.2) is 4.98 Å². The lowest BCUT2D eigenvalue weighted by Crippen LogP contribution is -2.41. The molecule has 5 heteroatoms. The van der Waals surface area contributed by atoms with Crippen LogP contribution in [0.15, 0.2) is 29.1 Å². The molecule has 0 amide bonds. The molecule has 2 N–H and O–H groups in total. The molecule has 0 aliphatic heterocycles. The molecule has 2 aromatic rings. The van der Waals surface area contributed by atoms with Crippen molar-refractivity contribution in [2.24, 2.45) is 0 Å². The van der Waals surface area contributed by atoms with Crippen molar-refractivity contribution in [2.45, 2.75) is 49.7 Å². The number of nitrogens with zero attached hydrogens (tertiary/aromatic N) is 1. The van der Waals surface area contributed by atoms with Gasteiger partial charge in [0.15, 0.2) is 0 Å². The molecule has 0 bridgehead atoms. The van der Waals surface area contributed by atoms with Crippen molar-refractivity contribution >= 4 is 11.8 Å². The standard InChI is InChI=1S/C20H24N2O2S/c23-10-11-25-13-16-21-18-15-7-3-2-6-14(15)12-20(8-4-1-5-9-20)17(18)19(24)22-16/h2-3,6-7,23H,1,4-5,8-13H2,(H,21,22,24). The molecule has 2 aliphatic carbocycles. The third kappa shape index (κ3) is 3.04. The van der Waals surface area contributed by atoms with E-state index in [2.05, 4.69) is 23.2 Å². The van der Waals surface area contributed by atoms with Crippen LogP contribution in [0.25, 0.3) is 11.3 Å². The van der Waals surface area contributed by atoms with Crippen molar-refractivity contribution in [3.05, 3.63) is 51.6 Å². The molecule has 0 saturated heterocycles. The molecule has 132 valence electrons. The summed E-state index contributed by atoms with van der Waals surface area (Å²) in [5, 5.41) is 8.97. The van der Waals surface area contributed by atoms with E-state index in [1.54, 1.807) is 11.8 Å². The Morgan fingerprint density at radius 3 is 2.80 bits per heavy atom. The van der Waals surface area contributed by atoms with Gasteiger partial charge < -0.3 is 10.1 Å². The second-order valence-corrected chi connectivity index (χ2v) is 8.29. The smallest absolute Gasteiger partial charge is 0.255 e. The van der Waals surface area contributed by atoms with Crippen LogP contribution in [0.5, 0.6) is 0 Å². The number of H-pyrrole nitrogens is 1. The van der Waals surface area contributed by atoms with E-state index < -0.39 is 0 Å². The van der Waals surface area contributed by atoms with Gasteiger partial charge in [0.2, 0.25) is 0 Å². The van der Waals surface area contributed by atoms with Crippen molar-refractivity contribution in [1.29, 1.82) is 0 Å². The number of hydrogen-bond donors (Lipinski definition) is 2. The van der Waals surface area contributed by atoms with Crippen molar-refractivity contribution in [3.8, 4) is 11.3 Å². The lowest BCUT2D eigenvalue weighted by Gasteiger charge is -2.41. The van der Waals surface area contributed by atoms with Crippen molar-refractivity contribution in [2.75, 3.05) is 12.4 Å². The van der Waals surface area contributed by atoms with Crippen LogP contribution in [0, 0.1) is 0 Å². The predicted octanol–water partition coefficient (Wildman–Crippen LogP) is 3.42. The molecular weight excluding hydrogens is 332 g/mol.